The minimum Gasteiger partial charge on any atom is -0.351 e. The van der Waals surface area contributed by atoms with Crippen LogP contribution in [0.15, 0.2) is 66.9 Å². The quantitative estimate of drug-likeness (QED) is 0.281. The molecule has 5 rings (SSSR count). The minimum absolute atomic E-state index is 0.0921. The highest BCUT2D eigenvalue weighted by Gasteiger charge is 2.42. The van der Waals surface area contributed by atoms with Gasteiger partial charge in [0, 0.05) is 28.3 Å². The van der Waals surface area contributed by atoms with E-state index in [0.29, 0.717) is 15.2 Å². The van der Waals surface area contributed by atoms with Crippen LogP contribution in [-0.2, 0) is 0 Å². The van der Waals surface area contributed by atoms with E-state index in [9.17, 15) is 0 Å². The molecule has 2 aromatic heterocycles. The lowest BCUT2D eigenvalue weighted by atomic mass is 9.96. The molecule has 35 heavy (non-hydrogen) atoms. The lowest BCUT2D eigenvalue weighted by Crippen LogP contribution is -2.29. The molecule has 0 saturated carbocycles. The number of hydrogen-bond acceptors (Lipinski definition) is 2. The standard InChI is InChI=1S/C28H26Cl2N4S/c1-16-8-10-21(13-17(16)2)34-27(26(32-28(34)35)24-7-5-6-12-31-24)22-14-18(3)33(19(22)4)25-11-9-20(29)15-23(25)30/h5-15,26-27H,1-4H3,(H,32,35)/t26-,27+/m1/s1. The van der Waals surface area contributed by atoms with Gasteiger partial charge in [-0.2, -0.15) is 0 Å². The van der Waals surface area contributed by atoms with Gasteiger partial charge in [0.1, 0.15) is 0 Å². The zero-order chi connectivity index (χ0) is 24.9. The maximum atomic E-state index is 6.62. The number of hydrogen-bond donors (Lipinski definition) is 1. The summed E-state index contributed by atoms with van der Waals surface area (Å²) in [7, 11) is 0. The Kier molecular flexibility index (Phi) is 6.34. The maximum absolute atomic E-state index is 6.62. The first-order valence-electron chi connectivity index (χ1n) is 11.5. The van der Waals surface area contributed by atoms with Gasteiger partial charge >= 0.3 is 0 Å². The molecule has 4 nitrogen and oxygen atoms in total. The molecular weight excluding hydrogens is 495 g/mol. The van der Waals surface area contributed by atoms with E-state index in [1.807, 2.05) is 36.5 Å². The number of benzene rings is 2. The summed E-state index contributed by atoms with van der Waals surface area (Å²) < 4.78 is 2.18. The van der Waals surface area contributed by atoms with E-state index in [1.54, 1.807) is 6.07 Å². The molecule has 0 amide bonds. The molecule has 0 radical (unpaired) electrons. The van der Waals surface area contributed by atoms with Crippen LogP contribution in [0.3, 0.4) is 0 Å². The molecule has 0 bridgehead atoms. The van der Waals surface area contributed by atoms with E-state index in [1.165, 1.54) is 11.1 Å². The molecule has 3 heterocycles. The smallest absolute Gasteiger partial charge is 0.174 e. The van der Waals surface area contributed by atoms with E-state index in [-0.39, 0.29) is 12.1 Å². The Labute approximate surface area is 221 Å². The van der Waals surface area contributed by atoms with Gasteiger partial charge in [0.15, 0.2) is 5.11 Å². The highest BCUT2D eigenvalue weighted by Crippen LogP contribution is 2.44. The van der Waals surface area contributed by atoms with Crippen LogP contribution in [-0.4, -0.2) is 14.7 Å². The highest BCUT2D eigenvalue weighted by molar-refractivity contribution is 7.80. The summed E-state index contributed by atoms with van der Waals surface area (Å²) >= 11 is 18.7. The molecule has 0 aliphatic carbocycles. The number of pyridine rings is 1. The lowest BCUT2D eigenvalue weighted by Gasteiger charge is -2.28. The van der Waals surface area contributed by atoms with E-state index >= 15 is 0 Å². The fourth-order valence-corrected chi connectivity index (χ4v) is 5.78. The zero-order valence-electron chi connectivity index (χ0n) is 20.0. The van der Waals surface area contributed by atoms with Crippen molar-refractivity contribution >= 4 is 46.2 Å². The summed E-state index contributed by atoms with van der Waals surface area (Å²) in [5.74, 6) is 0. The topological polar surface area (TPSA) is 33.1 Å². The van der Waals surface area contributed by atoms with Crippen molar-refractivity contribution in [2.45, 2.75) is 39.8 Å². The van der Waals surface area contributed by atoms with Gasteiger partial charge in [0.25, 0.3) is 0 Å². The molecule has 0 unspecified atom stereocenters. The number of thiocarbonyl (C=S) groups is 1. The first-order valence-corrected chi connectivity index (χ1v) is 12.6. The third kappa shape index (κ3) is 4.22. The number of halogens is 2. The molecule has 1 fully saturated rings. The second-order valence-electron chi connectivity index (χ2n) is 9.02. The van der Waals surface area contributed by atoms with E-state index in [0.717, 1.165) is 34.0 Å². The van der Waals surface area contributed by atoms with Crippen LogP contribution in [0.2, 0.25) is 10.0 Å². The first kappa shape index (κ1) is 23.9. The molecule has 178 valence electrons. The Hall–Kier alpha value is -2.86. The van der Waals surface area contributed by atoms with Gasteiger partial charge in [0.05, 0.1) is 28.5 Å². The van der Waals surface area contributed by atoms with Crippen molar-refractivity contribution in [1.82, 2.24) is 14.9 Å². The number of nitrogens with one attached hydrogen (secondary N) is 1. The summed E-state index contributed by atoms with van der Waals surface area (Å²) in [6.45, 7) is 8.48. The minimum atomic E-state index is -0.111. The third-order valence-corrected chi connectivity index (χ3v) is 7.66. The molecule has 0 spiro atoms. The Morgan fingerprint density at radius 2 is 1.71 bits per heavy atom. The van der Waals surface area contributed by atoms with E-state index in [2.05, 4.69) is 71.7 Å². The normalized spacial score (nSPS) is 17.7. The SMILES string of the molecule is Cc1ccc(N2C(=S)N[C@H](c3ccccn3)[C@@H]2c2cc(C)n(-c3ccc(Cl)cc3Cl)c2C)cc1C. The average Bonchev–Trinajstić information content (AvgIpc) is 3.32. The molecule has 2 aromatic carbocycles. The van der Waals surface area contributed by atoms with Gasteiger partial charge in [-0.15, -0.1) is 0 Å². The van der Waals surface area contributed by atoms with Crippen LogP contribution in [0.1, 0.15) is 45.9 Å². The Bertz CT molecular complexity index is 1430. The van der Waals surface area contributed by atoms with Crippen molar-refractivity contribution < 1.29 is 0 Å². The van der Waals surface area contributed by atoms with Crippen molar-refractivity contribution in [2.24, 2.45) is 0 Å². The molecule has 1 N–H and O–H groups in total. The van der Waals surface area contributed by atoms with Gasteiger partial charge in [-0.1, -0.05) is 35.3 Å². The number of rotatable bonds is 4. The second kappa shape index (κ2) is 9.30. The van der Waals surface area contributed by atoms with Gasteiger partial charge < -0.3 is 14.8 Å². The average molecular weight is 522 g/mol. The lowest BCUT2D eigenvalue weighted by molar-refractivity contribution is 0.565. The number of aryl methyl sites for hydroxylation is 3. The number of anilines is 1. The third-order valence-electron chi connectivity index (χ3n) is 6.81. The van der Waals surface area contributed by atoms with Gasteiger partial charge in [-0.05, 0) is 105 Å². The summed E-state index contributed by atoms with van der Waals surface area (Å²) in [5, 5.41) is 5.46. The largest absolute Gasteiger partial charge is 0.351 e. The van der Waals surface area contributed by atoms with Crippen molar-refractivity contribution in [3.8, 4) is 5.69 Å². The van der Waals surface area contributed by atoms with E-state index < -0.39 is 0 Å². The van der Waals surface area contributed by atoms with Crippen LogP contribution >= 0.6 is 35.4 Å². The molecular formula is C28H26Cl2N4S. The molecule has 1 aliphatic rings. The Balaban J connectivity index is 1.70. The molecule has 2 atom stereocenters. The van der Waals surface area contributed by atoms with Crippen LogP contribution in [0.5, 0.6) is 0 Å². The number of nitrogens with zero attached hydrogens (tertiary/aromatic N) is 3. The molecule has 7 heteroatoms. The first-order chi connectivity index (χ1) is 16.8. The zero-order valence-corrected chi connectivity index (χ0v) is 22.3. The van der Waals surface area contributed by atoms with Gasteiger partial charge in [-0.3, -0.25) is 4.98 Å². The summed E-state index contributed by atoms with van der Waals surface area (Å²) in [6.07, 6.45) is 1.83. The van der Waals surface area contributed by atoms with Crippen LogP contribution in [0, 0.1) is 27.7 Å². The summed E-state index contributed by atoms with van der Waals surface area (Å²) in [6, 6.07) is 20.1. The second-order valence-corrected chi connectivity index (χ2v) is 10.3. The Morgan fingerprint density at radius 1 is 0.914 bits per heavy atom. The van der Waals surface area contributed by atoms with Crippen molar-refractivity contribution in [3.63, 3.8) is 0 Å². The predicted octanol–water partition coefficient (Wildman–Crippen LogP) is 7.59. The van der Waals surface area contributed by atoms with Crippen molar-refractivity contribution in [1.29, 1.82) is 0 Å². The fourth-order valence-electron chi connectivity index (χ4n) is 4.94. The summed E-state index contributed by atoms with van der Waals surface area (Å²) in [5.41, 5.74) is 8.72. The molecule has 1 saturated heterocycles. The highest BCUT2D eigenvalue weighted by atomic mass is 35.5. The summed E-state index contributed by atoms with van der Waals surface area (Å²) in [4.78, 5) is 6.90. The molecule has 4 aromatic rings. The fraction of sp³-hybridized carbons (Fsp3) is 0.214. The van der Waals surface area contributed by atoms with Crippen molar-refractivity contribution in [2.75, 3.05) is 4.90 Å². The van der Waals surface area contributed by atoms with E-state index in [4.69, 9.17) is 35.4 Å². The van der Waals surface area contributed by atoms with Gasteiger partial charge in [0.2, 0.25) is 0 Å². The van der Waals surface area contributed by atoms with Crippen LogP contribution < -0.4 is 10.2 Å². The van der Waals surface area contributed by atoms with Crippen LogP contribution in [0.4, 0.5) is 5.69 Å². The Morgan fingerprint density at radius 3 is 2.40 bits per heavy atom. The monoisotopic (exact) mass is 520 g/mol. The van der Waals surface area contributed by atoms with Crippen LogP contribution in [0.25, 0.3) is 5.69 Å². The van der Waals surface area contributed by atoms with Gasteiger partial charge in [-0.25, -0.2) is 0 Å². The maximum Gasteiger partial charge on any atom is 0.174 e. The van der Waals surface area contributed by atoms with Crippen molar-refractivity contribution in [3.05, 3.63) is 111 Å². The molecule has 1 aliphatic heterocycles. The predicted molar refractivity (Wildman–Crippen MR) is 149 cm³/mol. The number of aromatic nitrogens is 2.